The Bertz CT molecular complexity index is 730. The molecule has 35 heavy (non-hydrogen) atoms. The van der Waals surface area contributed by atoms with E-state index in [1.165, 1.54) is 0 Å². The highest BCUT2D eigenvalue weighted by Crippen LogP contribution is 2.34. The lowest BCUT2D eigenvalue weighted by Crippen LogP contribution is -2.49. The van der Waals surface area contributed by atoms with Crippen LogP contribution in [0.4, 0.5) is 0 Å². The summed E-state index contributed by atoms with van der Waals surface area (Å²) in [6.45, 7) is 11.6. The van der Waals surface area contributed by atoms with Crippen molar-refractivity contribution >= 4 is 17.7 Å². The highest BCUT2D eigenvalue weighted by molar-refractivity contribution is 6.03. The van der Waals surface area contributed by atoms with Gasteiger partial charge in [-0.3, -0.25) is 19.3 Å². The molecule has 0 radical (unpaired) electrons. The third kappa shape index (κ3) is 8.01. The second kappa shape index (κ2) is 12.7. The fourth-order valence-electron chi connectivity index (χ4n) is 6.34. The lowest BCUT2D eigenvalue weighted by molar-refractivity contribution is -0.161. The molecule has 4 atom stereocenters. The van der Waals surface area contributed by atoms with Crippen LogP contribution in [0.15, 0.2) is 0 Å². The molecule has 0 N–H and O–H groups in total. The lowest BCUT2D eigenvalue weighted by atomic mass is 9.78. The molecule has 2 rings (SSSR count). The van der Waals surface area contributed by atoms with Gasteiger partial charge in [0, 0.05) is 31.6 Å². The van der Waals surface area contributed by atoms with Crippen LogP contribution >= 0.6 is 0 Å². The maximum absolute atomic E-state index is 13.1. The van der Waals surface area contributed by atoms with Crippen molar-refractivity contribution < 1.29 is 19.1 Å². The first-order chi connectivity index (χ1) is 16.2. The number of nitrogens with zero attached hydrogens (tertiary/aromatic N) is 3. The molecule has 0 aromatic carbocycles. The number of esters is 1. The SMILES string of the molecule is C[C@@H]1C[C@@H](C)CN(C)[C@@H](C2CCC(N(C)C(=O)CN(C)C)CC2)COC(=O)C(C)(C)C(=O)[C@H](C)C1. The largest absolute Gasteiger partial charge is 0.463 e. The number of cyclic esters (lactones) is 1. The Morgan fingerprint density at radius 2 is 1.60 bits per heavy atom. The number of rotatable bonds is 4. The minimum Gasteiger partial charge on any atom is -0.463 e. The number of amides is 1. The summed E-state index contributed by atoms with van der Waals surface area (Å²) in [5.41, 5.74) is -1.13. The molecule has 0 unspecified atom stereocenters. The molecule has 7 nitrogen and oxygen atoms in total. The Kier molecular flexibility index (Phi) is 10.8. The molecule has 1 aliphatic carbocycles. The van der Waals surface area contributed by atoms with Gasteiger partial charge >= 0.3 is 5.97 Å². The van der Waals surface area contributed by atoms with Crippen LogP contribution in [0.3, 0.4) is 0 Å². The predicted octanol–water partition coefficient (Wildman–Crippen LogP) is 3.71. The highest BCUT2D eigenvalue weighted by atomic mass is 16.5. The van der Waals surface area contributed by atoms with Crippen LogP contribution in [0.2, 0.25) is 0 Å². The van der Waals surface area contributed by atoms with Gasteiger partial charge in [0.2, 0.25) is 5.91 Å². The Morgan fingerprint density at radius 1 is 1.00 bits per heavy atom. The average molecular weight is 494 g/mol. The highest BCUT2D eigenvalue weighted by Gasteiger charge is 2.42. The van der Waals surface area contributed by atoms with E-state index in [0.717, 1.165) is 45.1 Å². The fourth-order valence-corrected chi connectivity index (χ4v) is 6.34. The Balaban J connectivity index is 2.14. The molecule has 1 aliphatic heterocycles. The molecule has 7 heteroatoms. The lowest BCUT2D eigenvalue weighted by Gasteiger charge is -2.41. The molecule has 0 aromatic heterocycles. The zero-order valence-electron chi connectivity index (χ0n) is 23.8. The van der Waals surface area contributed by atoms with Crippen molar-refractivity contribution in [3.8, 4) is 0 Å². The van der Waals surface area contributed by atoms with Crippen LogP contribution in [0.1, 0.15) is 73.1 Å². The van der Waals surface area contributed by atoms with Gasteiger partial charge in [0.1, 0.15) is 12.0 Å². The van der Waals surface area contributed by atoms with Crippen molar-refractivity contribution in [1.82, 2.24) is 14.7 Å². The van der Waals surface area contributed by atoms with Gasteiger partial charge in [0.05, 0.1) is 6.54 Å². The Morgan fingerprint density at radius 3 is 2.17 bits per heavy atom. The second-order valence-electron chi connectivity index (χ2n) is 12.5. The van der Waals surface area contributed by atoms with Gasteiger partial charge in [-0.15, -0.1) is 0 Å². The van der Waals surface area contributed by atoms with Gasteiger partial charge in [-0.05, 0) is 91.3 Å². The molecule has 1 saturated carbocycles. The first kappa shape index (κ1) is 29.8. The van der Waals surface area contributed by atoms with Crippen LogP contribution in [0, 0.1) is 29.1 Å². The van der Waals surface area contributed by atoms with Gasteiger partial charge in [-0.25, -0.2) is 0 Å². The zero-order valence-corrected chi connectivity index (χ0v) is 23.8. The number of ketones is 1. The van der Waals surface area contributed by atoms with Gasteiger partial charge in [0.25, 0.3) is 0 Å². The maximum Gasteiger partial charge on any atom is 0.319 e. The van der Waals surface area contributed by atoms with E-state index in [2.05, 4.69) is 25.8 Å². The number of hydrogen-bond donors (Lipinski definition) is 0. The third-order valence-corrected chi connectivity index (χ3v) is 8.36. The summed E-state index contributed by atoms with van der Waals surface area (Å²) in [5.74, 6) is 0.901. The first-order valence-corrected chi connectivity index (χ1v) is 13.6. The van der Waals surface area contributed by atoms with Crippen LogP contribution in [-0.4, -0.2) is 92.3 Å². The standard InChI is InChI=1S/C28H51N3O4/c1-19-14-20(2)16-30(8)24(18-35-27(34)28(4,5)26(33)21(3)15-19)22-10-12-23(13-11-22)31(9)25(32)17-29(6)7/h19-24H,10-18H2,1-9H3/t19-,20-,21-,22?,23?,24-/m1/s1. The molecule has 0 bridgehead atoms. The summed E-state index contributed by atoms with van der Waals surface area (Å²) in [7, 11) is 7.91. The number of carbonyl (C=O) groups is 3. The topological polar surface area (TPSA) is 70.2 Å². The van der Waals surface area contributed by atoms with Crippen molar-refractivity contribution in [2.45, 2.75) is 85.2 Å². The van der Waals surface area contributed by atoms with E-state index in [0.29, 0.717) is 30.9 Å². The van der Waals surface area contributed by atoms with Crippen molar-refractivity contribution in [3.63, 3.8) is 0 Å². The Hall–Kier alpha value is -1.47. The average Bonchev–Trinajstić information content (AvgIpc) is 2.77. The van der Waals surface area contributed by atoms with Crippen LogP contribution in [-0.2, 0) is 19.1 Å². The van der Waals surface area contributed by atoms with Crippen molar-refractivity contribution in [2.75, 3.05) is 47.9 Å². The van der Waals surface area contributed by atoms with E-state index in [4.69, 9.17) is 4.74 Å². The van der Waals surface area contributed by atoms with Crippen molar-refractivity contribution in [1.29, 1.82) is 0 Å². The molecule has 1 saturated heterocycles. The summed E-state index contributed by atoms with van der Waals surface area (Å²) < 4.78 is 5.87. The Labute approximate surface area is 213 Å². The minimum atomic E-state index is -1.13. The summed E-state index contributed by atoms with van der Waals surface area (Å²) >= 11 is 0. The quantitative estimate of drug-likeness (QED) is 0.439. The summed E-state index contributed by atoms with van der Waals surface area (Å²) in [5, 5.41) is 0. The fraction of sp³-hybridized carbons (Fsp3) is 0.893. The number of Topliss-reactive ketones (excluding diaryl/α,β-unsaturated/α-hetero) is 1. The van der Waals surface area contributed by atoms with E-state index in [-0.39, 0.29) is 29.7 Å². The van der Waals surface area contributed by atoms with E-state index in [1.54, 1.807) is 13.8 Å². The van der Waals surface area contributed by atoms with Gasteiger partial charge in [0.15, 0.2) is 5.78 Å². The van der Waals surface area contributed by atoms with E-state index >= 15 is 0 Å². The molecule has 202 valence electrons. The monoisotopic (exact) mass is 493 g/mol. The molecule has 2 fully saturated rings. The van der Waals surface area contributed by atoms with Crippen LogP contribution < -0.4 is 0 Å². The molecular weight excluding hydrogens is 442 g/mol. The van der Waals surface area contributed by atoms with Gasteiger partial charge in [-0.2, -0.15) is 0 Å². The number of hydrogen-bond acceptors (Lipinski definition) is 6. The van der Waals surface area contributed by atoms with Crippen LogP contribution in [0.5, 0.6) is 0 Å². The summed E-state index contributed by atoms with van der Waals surface area (Å²) in [6, 6.07) is 0.378. The van der Waals surface area contributed by atoms with Crippen molar-refractivity contribution in [2.24, 2.45) is 29.1 Å². The third-order valence-electron chi connectivity index (χ3n) is 8.36. The number of likely N-dealkylation sites (N-methyl/N-ethyl adjacent to an activating group) is 3. The normalized spacial score (nSPS) is 33.9. The maximum atomic E-state index is 13.1. The minimum absolute atomic E-state index is 0.0166. The van der Waals surface area contributed by atoms with Crippen LogP contribution in [0.25, 0.3) is 0 Å². The molecule has 1 amide bonds. The van der Waals surface area contributed by atoms with E-state index in [9.17, 15) is 14.4 Å². The molecule has 1 heterocycles. The second-order valence-corrected chi connectivity index (χ2v) is 12.5. The summed E-state index contributed by atoms with van der Waals surface area (Å²) in [4.78, 5) is 44.9. The molecule has 0 spiro atoms. The smallest absolute Gasteiger partial charge is 0.319 e. The van der Waals surface area contributed by atoms with Gasteiger partial charge in [-0.1, -0.05) is 20.8 Å². The molecular formula is C28H51N3O4. The van der Waals surface area contributed by atoms with Gasteiger partial charge < -0.3 is 14.5 Å². The molecule has 2 aliphatic rings. The zero-order chi connectivity index (χ0) is 26.5. The van der Waals surface area contributed by atoms with Crippen molar-refractivity contribution in [3.05, 3.63) is 0 Å². The predicted molar refractivity (Wildman–Crippen MR) is 140 cm³/mol. The number of carbonyl (C=O) groups excluding carboxylic acids is 3. The number of ether oxygens (including phenoxy) is 1. The first-order valence-electron chi connectivity index (χ1n) is 13.6. The molecule has 0 aromatic rings. The summed E-state index contributed by atoms with van der Waals surface area (Å²) in [6.07, 6.45) is 5.80. The van der Waals surface area contributed by atoms with E-state index < -0.39 is 11.4 Å². The van der Waals surface area contributed by atoms with E-state index in [1.807, 2.05) is 37.9 Å².